The summed E-state index contributed by atoms with van der Waals surface area (Å²) in [7, 11) is 0. The van der Waals surface area contributed by atoms with Crippen LogP contribution in [-0.2, 0) is 5.54 Å². The van der Waals surface area contributed by atoms with E-state index in [1.807, 2.05) is 36.4 Å². The molecular weight excluding hydrogens is 310 g/mol. The lowest BCUT2D eigenvalue weighted by atomic mass is 9.76. The number of rotatable bonds is 3. The maximum absolute atomic E-state index is 12.4. The lowest BCUT2D eigenvalue weighted by Gasteiger charge is -2.38. The number of carbonyl (C=O) groups excluding carboxylic acids is 1. The van der Waals surface area contributed by atoms with E-state index in [9.17, 15) is 4.79 Å². The molecule has 0 spiro atoms. The number of benzene rings is 1. The van der Waals surface area contributed by atoms with Crippen LogP contribution in [0.3, 0.4) is 0 Å². The average molecular weight is 330 g/mol. The number of nitrogens with one attached hydrogen (secondary N) is 2. The zero-order chi connectivity index (χ0) is 16.1. The zero-order valence-corrected chi connectivity index (χ0v) is 13.6. The Hall–Kier alpha value is -2.07. The normalized spacial score (nSPS) is 16.6. The van der Waals surface area contributed by atoms with Crippen LogP contribution in [0, 0.1) is 0 Å². The number of halogens is 1. The third-order valence-electron chi connectivity index (χ3n) is 4.36. The summed E-state index contributed by atoms with van der Waals surface area (Å²) in [6, 6.07) is 13.0. The van der Waals surface area contributed by atoms with Gasteiger partial charge >= 0.3 is 6.03 Å². The van der Waals surface area contributed by atoms with Crippen molar-refractivity contribution in [1.82, 2.24) is 10.3 Å². The van der Waals surface area contributed by atoms with Gasteiger partial charge in [-0.25, -0.2) is 9.78 Å². The molecule has 1 aliphatic carbocycles. The van der Waals surface area contributed by atoms with Crippen LogP contribution in [0.4, 0.5) is 10.6 Å². The van der Waals surface area contributed by atoms with Crippen LogP contribution in [0.1, 0.15) is 37.7 Å². The predicted octanol–water partition coefficient (Wildman–Crippen LogP) is 4.72. The maximum atomic E-state index is 12.4. The van der Waals surface area contributed by atoms with Crippen molar-refractivity contribution in [2.75, 3.05) is 5.32 Å². The second-order valence-corrected chi connectivity index (χ2v) is 6.38. The predicted molar refractivity (Wildman–Crippen MR) is 92.6 cm³/mol. The van der Waals surface area contributed by atoms with E-state index in [-0.39, 0.29) is 11.6 Å². The Bertz CT molecular complexity index is 652. The molecule has 1 aromatic heterocycles. The number of aromatic nitrogens is 1. The number of anilines is 1. The number of hydrogen-bond donors (Lipinski definition) is 2. The van der Waals surface area contributed by atoms with Crippen LogP contribution >= 0.6 is 11.6 Å². The van der Waals surface area contributed by atoms with Gasteiger partial charge in [-0.2, -0.15) is 0 Å². The van der Waals surface area contributed by atoms with Crippen LogP contribution in [0.25, 0.3) is 0 Å². The Balaban J connectivity index is 1.79. The summed E-state index contributed by atoms with van der Waals surface area (Å²) in [5.41, 5.74) is 0.777. The first kappa shape index (κ1) is 15.8. The van der Waals surface area contributed by atoms with Gasteiger partial charge in [-0.15, -0.1) is 0 Å². The molecule has 0 radical (unpaired) electrons. The number of nitrogens with zero attached hydrogens (tertiary/aromatic N) is 1. The van der Waals surface area contributed by atoms with Gasteiger partial charge in [0.15, 0.2) is 0 Å². The van der Waals surface area contributed by atoms with E-state index in [2.05, 4.69) is 15.6 Å². The number of pyridine rings is 1. The van der Waals surface area contributed by atoms with Crippen LogP contribution < -0.4 is 10.6 Å². The molecule has 0 unspecified atom stereocenters. The molecule has 120 valence electrons. The van der Waals surface area contributed by atoms with Gasteiger partial charge in [0, 0.05) is 11.2 Å². The van der Waals surface area contributed by atoms with Crippen molar-refractivity contribution >= 4 is 23.4 Å². The molecule has 0 aliphatic heterocycles. The van der Waals surface area contributed by atoms with Gasteiger partial charge in [-0.1, -0.05) is 49.1 Å². The highest BCUT2D eigenvalue weighted by molar-refractivity contribution is 6.30. The molecule has 2 aromatic rings. The highest BCUT2D eigenvalue weighted by Crippen LogP contribution is 2.37. The number of carbonyl (C=O) groups is 1. The molecule has 1 aliphatic rings. The quantitative estimate of drug-likeness (QED) is 0.856. The highest BCUT2D eigenvalue weighted by Gasteiger charge is 2.35. The number of urea groups is 1. The Morgan fingerprint density at radius 3 is 2.43 bits per heavy atom. The fraction of sp³-hybridized carbons (Fsp3) is 0.333. The van der Waals surface area contributed by atoms with Crippen LogP contribution in [0.15, 0.2) is 48.7 Å². The molecule has 3 rings (SSSR count). The molecule has 2 N–H and O–H groups in total. The summed E-state index contributed by atoms with van der Waals surface area (Å²) in [5, 5.41) is 6.70. The van der Waals surface area contributed by atoms with Crippen molar-refractivity contribution in [3.05, 3.63) is 59.2 Å². The Morgan fingerprint density at radius 1 is 1.04 bits per heavy atom. The van der Waals surface area contributed by atoms with Crippen LogP contribution in [-0.4, -0.2) is 11.0 Å². The molecule has 1 fully saturated rings. The number of hydrogen-bond acceptors (Lipinski definition) is 2. The molecule has 0 atom stereocenters. The molecule has 1 saturated carbocycles. The summed E-state index contributed by atoms with van der Waals surface area (Å²) in [6.45, 7) is 0. The average Bonchev–Trinajstić information content (AvgIpc) is 2.57. The fourth-order valence-corrected chi connectivity index (χ4v) is 3.34. The summed E-state index contributed by atoms with van der Waals surface area (Å²) in [5.74, 6) is 0.548. The molecule has 0 saturated heterocycles. The molecule has 1 heterocycles. The monoisotopic (exact) mass is 329 g/mol. The summed E-state index contributed by atoms with van der Waals surface area (Å²) >= 11 is 6.00. The molecule has 23 heavy (non-hydrogen) atoms. The third-order valence-corrected chi connectivity index (χ3v) is 4.62. The van der Waals surface area contributed by atoms with Crippen LogP contribution in [0.5, 0.6) is 0 Å². The zero-order valence-electron chi connectivity index (χ0n) is 12.9. The van der Waals surface area contributed by atoms with E-state index in [4.69, 9.17) is 11.6 Å². The van der Waals surface area contributed by atoms with E-state index < -0.39 is 0 Å². The molecule has 4 nitrogen and oxygen atoms in total. The van der Waals surface area contributed by atoms with Gasteiger partial charge in [0.1, 0.15) is 5.82 Å². The SMILES string of the molecule is O=C(Nc1ccccn1)NC1(c2ccc(Cl)cc2)CCCCC1. The summed E-state index contributed by atoms with van der Waals surface area (Å²) in [4.78, 5) is 16.6. The lowest BCUT2D eigenvalue weighted by molar-refractivity contribution is 0.212. The smallest absolute Gasteiger partial charge is 0.321 e. The van der Waals surface area contributed by atoms with Crippen molar-refractivity contribution in [2.45, 2.75) is 37.6 Å². The summed E-state index contributed by atoms with van der Waals surface area (Å²) in [6.07, 6.45) is 6.94. The lowest BCUT2D eigenvalue weighted by Crippen LogP contribution is -2.48. The Labute approximate surface area is 141 Å². The topological polar surface area (TPSA) is 54.0 Å². The van der Waals surface area contributed by atoms with E-state index in [1.54, 1.807) is 12.3 Å². The van der Waals surface area contributed by atoms with Crippen molar-refractivity contribution in [3.8, 4) is 0 Å². The van der Waals surface area contributed by atoms with Crippen LogP contribution in [0.2, 0.25) is 5.02 Å². The molecule has 0 bridgehead atoms. The van der Waals surface area contributed by atoms with Crippen molar-refractivity contribution < 1.29 is 4.79 Å². The third kappa shape index (κ3) is 3.82. The molecule has 2 amide bonds. The first-order valence-electron chi connectivity index (χ1n) is 7.94. The van der Waals surface area contributed by atoms with E-state index >= 15 is 0 Å². The largest absolute Gasteiger partial charge is 0.328 e. The summed E-state index contributed by atoms with van der Waals surface area (Å²) < 4.78 is 0. The molecular formula is C18H20ClN3O. The Kier molecular flexibility index (Phi) is 4.82. The first-order valence-corrected chi connectivity index (χ1v) is 8.32. The Morgan fingerprint density at radius 2 is 1.78 bits per heavy atom. The van der Waals surface area contributed by atoms with Gasteiger partial charge in [0.2, 0.25) is 0 Å². The second kappa shape index (κ2) is 7.01. The molecule has 1 aromatic carbocycles. The fourth-order valence-electron chi connectivity index (χ4n) is 3.21. The minimum absolute atomic E-state index is 0.222. The van der Waals surface area contributed by atoms with Gasteiger partial charge in [-0.05, 0) is 42.7 Å². The second-order valence-electron chi connectivity index (χ2n) is 5.94. The van der Waals surface area contributed by atoms with Crippen molar-refractivity contribution in [2.24, 2.45) is 0 Å². The van der Waals surface area contributed by atoms with E-state index in [0.29, 0.717) is 10.8 Å². The molecule has 5 heteroatoms. The van der Waals surface area contributed by atoms with E-state index in [1.165, 1.54) is 6.42 Å². The van der Waals surface area contributed by atoms with Crippen molar-refractivity contribution in [1.29, 1.82) is 0 Å². The van der Waals surface area contributed by atoms with Gasteiger partial charge in [0.05, 0.1) is 5.54 Å². The standard InChI is InChI=1S/C18H20ClN3O/c19-15-9-7-14(8-10-15)18(11-3-1-4-12-18)22-17(23)21-16-6-2-5-13-20-16/h2,5-10,13H,1,3-4,11-12H2,(H2,20,21,22,23). The van der Waals surface area contributed by atoms with Gasteiger partial charge < -0.3 is 5.32 Å². The van der Waals surface area contributed by atoms with Gasteiger partial charge in [0.25, 0.3) is 0 Å². The minimum atomic E-state index is -0.332. The minimum Gasteiger partial charge on any atom is -0.328 e. The van der Waals surface area contributed by atoms with Gasteiger partial charge in [-0.3, -0.25) is 5.32 Å². The maximum Gasteiger partial charge on any atom is 0.321 e. The van der Waals surface area contributed by atoms with Crippen molar-refractivity contribution in [3.63, 3.8) is 0 Å². The first-order chi connectivity index (χ1) is 11.2. The number of amides is 2. The van der Waals surface area contributed by atoms with E-state index in [0.717, 1.165) is 31.2 Å². The highest BCUT2D eigenvalue weighted by atomic mass is 35.5.